The third-order valence-corrected chi connectivity index (χ3v) is 11.6. The molecule has 0 spiro atoms. The van der Waals surface area contributed by atoms with Crippen LogP contribution < -0.4 is 14.9 Å². The molecule has 0 aliphatic carbocycles. The summed E-state index contributed by atoms with van der Waals surface area (Å²) in [5.74, 6) is -1.23. The average molecular weight is 933 g/mol. The highest BCUT2D eigenvalue weighted by molar-refractivity contribution is 5.86. The van der Waals surface area contributed by atoms with Crippen molar-refractivity contribution in [2.24, 2.45) is 0 Å². The first kappa shape index (κ1) is 49.0. The van der Waals surface area contributed by atoms with Gasteiger partial charge in [-0.05, 0) is 25.1 Å². The van der Waals surface area contributed by atoms with Crippen LogP contribution in [0.25, 0.3) is 22.3 Å². The molecule has 4 aliphatic rings. The van der Waals surface area contributed by atoms with Gasteiger partial charge in [-0.2, -0.15) is 0 Å². The Hall–Kier alpha value is -3.91. The molecule has 0 bridgehead atoms. The van der Waals surface area contributed by atoms with Crippen molar-refractivity contribution in [1.29, 1.82) is 0 Å². The minimum atomic E-state index is -2.11. The zero-order valence-electron chi connectivity index (χ0n) is 34.4. The molecule has 14 N–H and O–H groups in total. The summed E-state index contributed by atoms with van der Waals surface area (Å²) in [7, 11) is 1.33. The minimum absolute atomic E-state index is 0.0685. The van der Waals surface area contributed by atoms with Crippen molar-refractivity contribution >= 4 is 11.0 Å². The molecule has 3 aromatic rings. The fourth-order valence-electron chi connectivity index (χ4n) is 7.85. The van der Waals surface area contributed by atoms with Crippen LogP contribution in [0, 0.1) is 0 Å². The Morgan fingerprint density at radius 2 is 1.15 bits per heavy atom. The van der Waals surface area contributed by atoms with Gasteiger partial charge in [0, 0.05) is 23.8 Å². The topological polar surface area (TPSA) is 397 Å². The number of phenolic OH excluding ortho intramolecular Hbond substituents is 2. The number of ether oxygens (including phenoxy) is 9. The van der Waals surface area contributed by atoms with Crippen molar-refractivity contribution in [3.8, 4) is 34.3 Å². The van der Waals surface area contributed by atoms with Crippen LogP contribution in [0.2, 0.25) is 0 Å². The second kappa shape index (κ2) is 20.1. The molecule has 1 aromatic heterocycles. The minimum Gasteiger partial charge on any atom is -0.507 e. The summed E-state index contributed by atoms with van der Waals surface area (Å²) in [6, 6.07) is 7.32. The van der Waals surface area contributed by atoms with Crippen LogP contribution in [0.5, 0.6) is 23.0 Å². The molecule has 4 aliphatic heterocycles. The van der Waals surface area contributed by atoms with Gasteiger partial charge in [0.2, 0.25) is 6.29 Å². The highest BCUT2D eigenvalue weighted by Crippen LogP contribution is 2.38. The monoisotopic (exact) mass is 932 g/mol. The van der Waals surface area contributed by atoms with Gasteiger partial charge >= 0.3 is 0 Å². The Morgan fingerprint density at radius 1 is 0.585 bits per heavy atom. The predicted molar refractivity (Wildman–Crippen MR) is 209 cm³/mol. The number of hydrogen-bond acceptors (Lipinski definition) is 25. The fourth-order valence-corrected chi connectivity index (χ4v) is 7.85. The third-order valence-electron chi connectivity index (χ3n) is 11.6. The van der Waals surface area contributed by atoms with E-state index in [1.807, 2.05) is 0 Å². The molecule has 0 saturated carbocycles. The number of hydrogen-bond donors (Lipinski definition) is 14. The van der Waals surface area contributed by atoms with E-state index in [2.05, 4.69) is 0 Å². The second-order valence-corrected chi connectivity index (χ2v) is 15.9. The smallest absolute Gasteiger partial charge is 0.229 e. The lowest BCUT2D eigenvalue weighted by Crippen LogP contribution is -2.67. The number of methoxy groups -OCH3 is 1. The van der Waals surface area contributed by atoms with Gasteiger partial charge in [-0.3, -0.25) is 4.79 Å². The number of phenols is 2. The normalized spacial score (nSPS) is 40.2. The Morgan fingerprint density at radius 3 is 1.80 bits per heavy atom. The lowest BCUT2D eigenvalue weighted by atomic mass is 9.96. The Balaban J connectivity index is 1.22. The van der Waals surface area contributed by atoms with Crippen LogP contribution in [0.15, 0.2) is 45.6 Å². The van der Waals surface area contributed by atoms with Gasteiger partial charge in [0.1, 0.15) is 114 Å². The van der Waals surface area contributed by atoms with Gasteiger partial charge < -0.3 is 119 Å². The van der Waals surface area contributed by atoms with Crippen LogP contribution >= 0.6 is 0 Å². The van der Waals surface area contributed by atoms with E-state index in [1.165, 1.54) is 32.2 Å². The Labute approximate surface area is 366 Å². The lowest BCUT2D eigenvalue weighted by molar-refractivity contribution is -0.390. The zero-order chi connectivity index (χ0) is 47.2. The molecule has 4 fully saturated rings. The highest BCUT2D eigenvalue weighted by Gasteiger charge is 2.55. The van der Waals surface area contributed by atoms with E-state index in [1.54, 1.807) is 0 Å². The first-order valence-electron chi connectivity index (χ1n) is 20.3. The number of benzene rings is 2. The number of aliphatic hydroxyl groups excluding tert-OH is 12. The summed E-state index contributed by atoms with van der Waals surface area (Å²) < 4.78 is 57.1. The number of aromatic hydroxyl groups is 2. The van der Waals surface area contributed by atoms with Crippen LogP contribution in [0.4, 0.5) is 0 Å². The number of aliphatic hydroxyl groups is 12. The van der Waals surface area contributed by atoms with Crippen molar-refractivity contribution in [3.63, 3.8) is 0 Å². The van der Waals surface area contributed by atoms with E-state index in [0.29, 0.717) is 0 Å². The highest BCUT2D eigenvalue weighted by atomic mass is 16.8. The second-order valence-electron chi connectivity index (χ2n) is 15.9. The standard InChI is InChI=1S/C40H52O25/c1-12-25(46)29(50)33(54)37(58-12)57-11-23-28(49)32(53)35(65-40-36(31(52)27(48)22(10-42)62-40)64-38-34(55)30(51)26(47)21(9-41)61-38)39(63-23)59-14-6-16(44)24-17(45)8-19(60-20(24)7-14)13-3-4-18(56-2)15(43)5-13/h3-8,12,21-23,25-44,46-55H,9-11H2,1-2H3/t12-,21+,22+,23+,25-,26+,27+,28+,29+,30-,31-,32-,33+,34+,35+,36+,37+,38-,39+,40-/m0/s1. The number of fused-ring (bicyclic) bond motifs is 1. The van der Waals surface area contributed by atoms with Gasteiger partial charge in [0.15, 0.2) is 41.9 Å². The van der Waals surface area contributed by atoms with Crippen molar-refractivity contribution in [2.75, 3.05) is 26.9 Å². The summed E-state index contributed by atoms with van der Waals surface area (Å²) in [5.41, 5.74) is -0.761. The summed E-state index contributed by atoms with van der Waals surface area (Å²) in [4.78, 5) is 13.3. The third kappa shape index (κ3) is 9.77. The molecule has 0 amide bonds. The zero-order valence-corrected chi connectivity index (χ0v) is 34.4. The van der Waals surface area contributed by atoms with Crippen LogP contribution in [0.3, 0.4) is 0 Å². The predicted octanol–water partition coefficient (Wildman–Crippen LogP) is -5.44. The Bertz CT molecular complexity index is 2140. The van der Waals surface area contributed by atoms with E-state index in [-0.39, 0.29) is 39.5 Å². The van der Waals surface area contributed by atoms with Crippen molar-refractivity contribution < 1.29 is 119 Å². The summed E-state index contributed by atoms with van der Waals surface area (Å²) >= 11 is 0. The molecular weight excluding hydrogens is 880 g/mol. The van der Waals surface area contributed by atoms with E-state index in [9.17, 15) is 76.3 Å². The summed E-state index contributed by atoms with van der Waals surface area (Å²) in [6.45, 7) is -1.12. The SMILES string of the molecule is COc1ccc(-c2cc(=O)c3c(O)cc(O[C@@H]4O[C@H](CO[C@@H]5O[C@@H](C)[C@H](O)[C@@H](O)[C@H]5O)[C@@H](O)[C@H](O)[C@H]4O[C@@H]4O[C@H](CO)[C@@H](O)[C@H](O)[C@H]4O[C@@H]4O[C@H](CO)[C@@H](O)[C@H](O)[C@H]4O)cc3o2)cc1O. The van der Waals surface area contributed by atoms with Gasteiger partial charge in [0.25, 0.3) is 0 Å². The molecule has 0 unspecified atom stereocenters. The summed E-state index contributed by atoms with van der Waals surface area (Å²) in [5, 5.41) is 148. The van der Waals surface area contributed by atoms with E-state index >= 15 is 0 Å². The fraction of sp³-hybridized carbons (Fsp3) is 0.625. The molecule has 4 saturated heterocycles. The number of rotatable bonds is 13. The molecule has 2 aromatic carbocycles. The van der Waals surface area contributed by atoms with E-state index in [4.69, 9.17) is 47.0 Å². The maximum atomic E-state index is 13.3. The molecular formula is C40H52O25. The van der Waals surface area contributed by atoms with E-state index in [0.717, 1.165) is 18.2 Å². The first-order valence-corrected chi connectivity index (χ1v) is 20.3. The lowest BCUT2D eigenvalue weighted by Gasteiger charge is -2.48. The molecule has 65 heavy (non-hydrogen) atoms. The molecule has 25 heteroatoms. The van der Waals surface area contributed by atoms with Crippen LogP contribution in [-0.2, 0) is 33.2 Å². The van der Waals surface area contributed by atoms with Gasteiger partial charge in [-0.15, -0.1) is 0 Å². The maximum absolute atomic E-state index is 13.3. The van der Waals surface area contributed by atoms with E-state index < -0.39 is 154 Å². The van der Waals surface area contributed by atoms with Crippen LogP contribution in [-0.4, -0.2) is 221 Å². The molecule has 25 nitrogen and oxygen atoms in total. The van der Waals surface area contributed by atoms with Gasteiger partial charge in [-0.25, -0.2) is 0 Å². The first-order chi connectivity index (χ1) is 30.9. The van der Waals surface area contributed by atoms with Gasteiger partial charge in [0.05, 0.1) is 33.0 Å². The average Bonchev–Trinajstić information content (AvgIpc) is 3.28. The molecule has 362 valence electrons. The quantitative estimate of drug-likeness (QED) is 0.0760. The van der Waals surface area contributed by atoms with Gasteiger partial charge in [-0.1, -0.05) is 0 Å². The van der Waals surface area contributed by atoms with Crippen molar-refractivity contribution in [3.05, 3.63) is 46.6 Å². The molecule has 0 radical (unpaired) electrons. The van der Waals surface area contributed by atoms with Crippen LogP contribution in [0.1, 0.15) is 6.92 Å². The largest absolute Gasteiger partial charge is 0.507 e. The Kier molecular flexibility index (Phi) is 15.2. The molecule has 20 atom stereocenters. The van der Waals surface area contributed by atoms with Crippen molar-refractivity contribution in [1.82, 2.24) is 0 Å². The molecule has 7 rings (SSSR count). The molecule has 5 heterocycles. The van der Waals surface area contributed by atoms with Crippen molar-refractivity contribution in [2.45, 2.75) is 130 Å². The summed E-state index contributed by atoms with van der Waals surface area (Å²) in [6.07, 6.45) is -36.1. The maximum Gasteiger partial charge on any atom is 0.229 e.